The highest BCUT2D eigenvalue weighted by Gasteiger charge is 2.38. The Kier molecular flexibility index (Phi) is 6.86. The molecular weight excluding hydrogens is 459 g/mol. The van der Waals surface area contributed by atoms with Gasteiger partial charge in [-0.25, -0.2) is 9.18 Å². The maximum Gasteiger partial charge on any atom is 0.412 e. The standard InChI is InChI=1S/C28H29FN4O3/c29-22-13-20(27(34)32-25-4-2-1-3-23(25)30)11-12-24(22)33-28(35)36-16-18-7-9-19(10-8-18)21-14-26(21)31-15-17-5-6-17/h1-4,7-13,17,21,26,31H,5-6,14-16,30H2,(H,32,34)(H,33,35)/t21-,26+/m1/s1. The van der Waals surface area contributed by atoms with E-state index in [-0.39, 0.29) is 17.9 Å². The number of benzene rings is 3. The van der Waals surface area contributed by atoms with Crippen molar-refractivity contribution in [2.75, 3.05) is 22.9 Å². The second-order valence-electron chi connectivity index (χ2n) is 9.48. The van der Waals surface area contributed by atoms with Gasteiger partial charge in [0.05, 0.1) is 17.1 Å². The van der Waals surface area contributed by atoms with Crippen LogP contribution in [0.5, 0.6) is 0 Å². The lowest BCUT2D eigenvalue weighted by Crippen LogP contribution is -2.20. The number of rotatable bonds is 9. The number of nitrogens with two attached hydrogens (primary N) is 1. The fourth-order valence-electron chi connectivity index (χ4n) is 4.15. The van der Waals surface area contributed by atoms with Crippen molar-refractivity contribution in [1.82, 2.24) is 5.32 Å². The topological polar surface area (TPSA) is 105 Å². The highest BCUT2D eigenvalue weighted by Crippen LogP contribution is 2.41. The number of carbonyl (C=O) groups is 2. The second-order valence-corrected chi connectivity index (χ2v) is 9.48. The first kappa shape index (κ1) is 23.8. The van der Waals surface area contributed by atoms with Crippen LogP contribution in [0.1, 0.15) is 46.7 Å². The number of hydrogen-bond donors (Lipinski definition) is 4. The van der Waals surface area contributed by atoms with E-state index in [1.807, 2.05) is 12.1 Å². The third-order valence-electron chi connectivity index (χ3n) is 6.61. The third kappa shape index (κ3) is 6.01. The number of halogens is 1. The van der Waals surface area contributed by atoms with E-state index in [4.69, 9.17) is 10.5 Å². The Balaban J connectivity index is 1.09. The van der Waals surface area contributed by atoms with E-state index >= 15 is 0 Å². The monoisotopic (exact) mass is 488 g/mol. The zero-order chi connectivity index (χ0) is 25.1. The molecule has 2 amide bonds. The highest BCUT2D eigenvalue weighted by molar-refractivity contribution is 6.06. The van der Waals surface area contributed by atoms with Crippen LogP contribution in [-0.2, 0) is 11.3 Å². The number of amides is 2. The van der Waals surface area contributed by atoms with E-state index < -0.39 is 17.8 Å². The van der Waals surface area contributed by atoms with Crippen LogP contribution in [0.3, 0.4) is 0 Å². The van der Waals surface area contributed by atoms with Crippen molar-refractivity contribution >= 4 is 29.1 Å². The molecule has 3 aromatic rings. The Morgan fingerprint density at radius 3 is 2.47 bits per heavy atom. The Labute approximate surface area is 209 Å². The lowest BCUT2D eigenvalue weighted by atomic mass is 10.1. The summed E-state index contributed by atoms with van der Waals surface area (Å²) in [6, 6.07) is 19.2. The molecule has 2 aliphatic carbocycles. The summed E-state index contributed by atoms with van der Waals surface area (Å²) >= 11 is 0. The van der Waals surface area contributed by atoms with Crippen molar-refractivity contribution in [3.05, 3.63) is 89.2 Å². The average molecular weight is 489 g/mol. The predicted molar refractivity (Wildman–Crippen MR) is 137 cm³/mol. The minimum absolute atomic E-state index is 0.0702. The van der Waals surface area contributed by atoms with Gasteiger partial charge < -0.3 is 21.1 Å². The van der Waals surface area contributed by atoms with E-state index in [2.05, 4.69) is 28.1 Å². The molecule has 2 aliphatic rings. The molecular formula is C28H29FN4O3. The smallest absolute Gasteiger partial charge is 0.412 e. The molecule has 0 unspecified atom stereocenters. The molecule has 0 spiro atoms. The summed E-state index contributed by atoms with van der Waals surface area (Å²) in [7, 11) is 0. The first-order valence-electron chi connectivity index (χ1n) is 12.2. The van der Waals surface area contributed by atoms with Gasteiger partial charge >= 0.3 is 6.09 Å². The molecule has 7 nitrogen and oxygen atoms in total. The van der Waals surface area contributed by atoms with Gasteiger partial charge in [-0.1, -0.05) is 36.4 Å². The normalized spacial score (nSPS) is 18.4. The fraction of sp³-hybridized carbons (Fsp3) is 0.286. The van der Waals surface area contributed by atoms with Crippen molar-refractivity contribution in [3.63, 3.8) is 0 Å². The highest BCUT2D eigenvalue weighted by atomic mass is 19.1. The molecule has 5 N–H and O–H groups in total. The second kappa shape index (κ2) is 10.4. The first-order chi connectivity index (χ1) is 17.5. The van der Waals surface area contributed by atoms with Crippen LogP contribution >= 0.6 is 0 Å². The molecule has 36 heavy (non-hydrogen) atoms. The molecule has 3 aromatic carbocycles. The van der Waals surface area contributed by atoms with Gasteiger partial charge in [-0.15, -0.1) is 0 Å². The lowest BCUT2D eigenvalue weighted by molar-refractivity contribution is 0.102. The summed E-state index contributed by atoms with van der Waals surface area (Å²) in [5.74, 6) is 0.169. The van der Waals surface area contributed by atoms with Crippen LogP contribution in [-0.4, -0.2) is 24.6 Å². The number of hydrogen-bond acceptors (Lipinski definition) is 5. The summed E-state index contributed by atoms with van der Waals surface area (Å²) < 4.78 is 19.8. The molecule has 2 atom stereocenters. The van der Waals surface area contributed by atoms with E-state index in [0.29, 0.717) is 23.3 Å². The predicted octanol–water partition coefficient (Wildman–Crippen LogP) is 5.26. The number of para-hydroxylation sites is 2. The van der Waals surface area contributed by atoms with Crippen molar-refractivity contribution in [1.29, 1.82) is 0 Å². The molecule has 8 heteroatoms. The van der Waals surface area contributed by atoms with Gasteiger partial charge in [-0.2, -0.15) is 0 Å². The zero-order valence-electron chi connectivity index (χ0n) is 19.8. The fourth-order valence-corrected chi connectivity index (χ4v) is 4.15. The quantitative estimate of drug-likeness (QED) is 0.307. The van der Waals surface area contributed by atoms with Crippen molar-refractivity contribution in [2.24, 2.45) is 5.92 Å². The van der Waals surface area contributed by atoms with Crippen LogP contribution < -0.4 is 21.7 Å². The van der Waals surface area contributed by atoms with Crippen LogP contribution in [0.2, 0.25) is 0 Å². The molecule has 0 aromatic heterocycles. The average Bonchev–Trinajstić information content (AvgIpc) is 3.80. The molecule has 186 valence electrons. The van der Waals surface area contributed by atoms with Gasteiger partial charge in [-0.3, -0.25) is 10.1 Å². The third-order valence-corrected chi connectivity index (χ3v) is 6.61. The summed E-state index contributed by atoms with van der Waals surface area (Å²) in [4.78, 5) is 24.6. The van der Waals surface area contributed by atoms with Gasteiger partial charge in [0.2, 0.25) is 0 Å². The summed E-state index contributed by atoms with van der Waals surface area (Å²) in [6.45, 7) is 1.20. The summed E-state index contributed by atoms with van der Waals surface area (Å²) in [6.07, 6.45) is 3.09. The first-order valence-corrected chi connectivity index (χ1v) is 12.2. The zero-order valence-corrected chi connectivity index (χ0v) is 19.8. The van der Waals surface area contributed by atoms with Gasteiger partial charge in [0.15, 0.2) is 0 Å². The van der Waals surface area contributed by atoms with Crippen LogP contribution in [0, 0.1) is 11.7 Å². The number of nitrogen functional groups attached to an aromatic ring is 1. The van der Waals surface area contributed by atoms with E-state index in [1.54, 1.807) is 24.3 Å². The van der Waals surface area contributed by atoms with Gasteiger partial charge in [-0.05, 0) is 73.2 Å². The molecule has 0 aliphatic heterocycles. The maximum absolute atomic E-state index is 14.5. The summed E-state index contributed by atoms with van der Waals surface area (Å²) in [5.41, 5.74) is 8.82. The molecule has 2 fully saturated rings. The number of ether oxygens (including phenoxy) is 1. The lowest BCUT2D eigenvalue weighted by Gasteiger charge is -2.11. The molecule has 0 heterocycles. The Hall–Kier alpha value is -3.91. The minimum Gasteiger partial charge on any atom is -0.444 e. The Morgan fingerprint density at radius 2 is 1.75 bits per heavy atom. The van der Waals surface area contributed by atoms with E-state index in [1.165, 1.54) is 30.5 Å². The minimum atomic E-state index is -0.779. The SMILES string of the molecule is Nc1ccccc1NC(=O)c1ccc(NC(=O)OCc2ccc([C@H]3C[C@@H]3NCC3CC3)cc2)c(F)c1. The molecule has 0 saturated heterocycles. The number of anilines is 3. The van der Waals surface area contributed by atoms with E-state index in [0.717, 1.165) is 30.5 Å². The van der Waals surface area contributed by atoms with E-state index in [9.17, 15) is 14.0 Å². The van der Waals surface area contributed by atoms with Gasteiger partial charge in [0.1, 0.15) is 12.4 Å². The van der Waals surface area contributed by atoms with Crippen molar-refractivity contribution < 1.29 is 18.7 Å². The molecule has 5 rings (SSSR count). The Bertz CT molecular complexity index is 1260. The van der Waals surface area contributed by atoms with Crippen molar-refractivity contribution in [3.8, 4) is 0 Å². The Morgan fingerprint density at radius 1 is 0.972 bits per heavy atom. The number of nitrogens with one attached hydrogen (secondary N) is 3. The molecule has 0 bridgehead atoms. The largest absolute Gasteiger partial charge is 0.444 e. The van der Waals surface area contributed by atoms with Gasteiger partial charge in [0.25, 0.3) is 5.91 Å². The van der Waals surface area contributed by atoms with Crippen LogP contribution in [0.25, 0.3) is 0 Å². The van der Waals surface area contributed by atoms with Crippen LogP contribution in [0.15, 0.2) is 66.7 Å². The van der Waals surface area contributed by atoms with Gasteiger partial charge in [0, 0.05) is 17.5 Å². The molecule has 0 radical (unpaired) electrons. The maximum atomic E-state index is 14.5. The molecule has 2 saturated carbocycles. The van der Waals surface area contributed by atoms with Crippen molar-refractivity contribution in [2.45, 2.75) is 37.8 Å². The summed E-state index contributed by atoms with van der Waals surface area (Å²) in [5, 5.41) is 8.66. The number of carbonyl (C=O) groups excluding carboxylic acids is 2. The van der Waals surface area contributed by atoms with Crippen LogP contribution in [0.4, 0.5) is 26.2 Å².